The Labute approximate surface area is 87.1 Å². The first-order chi connectivity index (χ1) is 6.97. The number of methoxy groups -OCH3 is 1. The molecule has 1 amide bonds. The molecule has 0 spiro atoms. The van der Waals surface area contributed by atoms with Gasteiger partial charge >= 0.3 is 5.97 Å². The summed E-state index contributed by atoms with van der Waals surface area (Å²) < 4.78 is 4.47. The lowest BCUT2D eigenvalue weighted by Gasteiger charge is -2.20. The predicted molar refractivity (Wildman–Crippen MR) is 51.7 cm³/mol. The fourth-order valence-electron chi connectivity index (χ4n) is 1.53. The summed E-state index contributed by atoms with van der Waals surface area (Å²) in [4.78, 5) is 22.0. The molecule has 0 fully saturated rings. The second kappa shape index (κ2) is 4.41. The van der Waals surface area contributed by atoms with E-state index in [9.17, 15) is 14.7 Å². The third-order valence-electron chi connectivity index (χ3n) is 2.24. The molecule has 0 aromatic carbocycles. The van der Waals surface area contributed by atoms with Crippen LogP contribution >= 0.6 is 0 Å². The van der Waals surface area contributed by atoms with Gasteiger partial charge in [0.2, 0.25) is 5.91 Å². The first-order valence-electron chi connectivity index (χ1n) is 4.48. The average molecular weight is 214 g/mol. The number of carbonyl (C=O) groups is 2. The average Bonchev–Trinajstić information content (AvgIpc) is 2.44. The minimum absolute atomic E-state index is 0.0868. The molecule has 84 valence electrons. The number of hydrogen-bond donors (Lipinski definition) is 3. The first kappa shape index (κ1) is 11.7. The zero-order valence-corrected chi connectivity index (χ0v) is 8.56. The number of carbonyl (C=O) groups excluding carboxylic acids is 2. The minimum Gasteiger partial charge on any atom is -0.466 e. The number of hydrogen-bond acceptors (Lipinski definition) is 5. The van der Waals surface area contributed by atoms with E-state index >= 15 is 0 Å². The van der Waals surface area contributed by atoms with E-state index < -0.39 is 24.2 Å². The molecule has 6 heteroatoms. The molecule has 1 rings (SSSR count). The van der Waals surface area contributed by atoms with Crippen molar-refractivity contribution in [3.05, 3.63) is 11.6 Å². The van der Waals surface area contributed by atoms with Gasteiger partial charge in [0, 0.05) is 13.0 Å². The fourth-order valence-corrected chi connectivity index (χ4v) is 1.53. The van der Waals surface area contributed by atoms with Crippen LogP contribution in [0.4, 0.5) is 0 Å². The van der Waals surface area contributed by atoms with Gasteiger partial charge in [-0.15, -0.1) is 0 Å². The molecule has 3 atom stereocenters. The zero-order valence-electron chi connectivity index (χ0n) is 8.56. The smallest absolute Gasteiger partial charge is 0.336 e. The summed E-state index contributed by atoms with van der Waals surface area (Å²) in [5.74, 6) is -0.945. The van der Waals surface area contributed by atoms with Gasteiger partial charge in [-0.05, 0) is 0 Å². The minimum atomic E-state index is -1.11. The van der Waals surface area contributed by atoms with Crippen molar-refractivity contribution >= 4 is 11.9 Å². The number of nitrogens with two attached hydrogens (primary N) is 1. The number of ether oxygens (including phenoxy) is 1. The molecule has 0 aromatic heterocycles. The number of rotatable bonds is 2. The Morgan fingerprint density at radius 2 is 2.20 bits per heavy atom. The Bertz CT molecular complexity index is 313. The van der Waals surface area contributed by atoms with E-state index in [-0.39, 0.29) is 11.5 Å². The summed E-state index contributed by atoms with van der Waals surface area (Å²) in [5, 5.41) is 12.2. The molecular weight excluding hydrogens is 200 g/mol. The Balaban J connectivity index is 2.77. The molecule has 0 heterocycles. The number of esters is 1. The normalized spacial score (nSPS) is 29.6. The van der Waals surface area contributed by atoms with Crippen molar-refractivity contribution in [3.63, 3.8) is 0 Å². The van der Waals surface area contributed by atoms with Crippen molar-refractivity contribution in [3.8, 4) is 0 Å². The number of nitrogens with one attached hydrogen (secondary N) is 1. The maximum Gasteiger partial charge on any atom is 0.336 e. The standard InChI is InChI=1S/C9H14N2O4/c1-4(12)11-7-6(10)3-5(8(7)13)9(14)15-2/h3,6-8,13H,10H2,1-2H3,(H,11,12)/t6-,7+,8+/m0/s1. The molecule has 0 radical (unpaired) electrons. The summed E-state index contributed by atoms with van der Waals surface area (Å²) in [6.07, 6.45) is 0.285. The number of aliphatic hydroxyl groups is 1. The molecule has 0 bridgehead atoms. The van der Waals surface area contributed by atoms with Crippen LogP contribution < -0.4 is 11.1 Å². The van der Waals surface area contributed by atoms with Gasteiger partial charge in [-0.25, -0.2) is 4.79 Å². The zero-order chi connectivity index (χ0) is 11.6. The lowest BCUT2D eigenvalue weighted by molar-refractivity contribution is -0.137. The lowest BCUT2D eigenvalue weighted by atomic mass is 10.1. The number of amides is 1. The van der Waals surface area contributed by atoms with Crippen LogP contribution in [0.2, 0.25) is 0 Å². The highest BCUT2D eigenvalue weighted by atomic mass is 16.5. The molecule has 15 heavy (non-hydrogen) atoms. The van der Waals surface area contributed by atoms with Crippen LogP contribution in [0.3, 0.4) is 0 Å². The predicted octanol–water partition coefficient (Wildman–Crippen LogP) is -1.71. The van der Waals surface area contributed by atoms with E-state index in [1.807, 2.05) is 0 Å². The fraction of sp³-hybridized carbons (Fsp3) is 0.556. The second-order valence-electron chi connectivity index (χ2n) is 3.36. The van der Waals surface area contributed by atoms with Gasteiger partial charge in [0.15, 0.2) is 0 Å². The van der Waals surface area contributed by atoms with Crippen molar-refractivity contribution in [2.45, 2.75) is 25.1 Å². The maximum absolute atomic E-state index is 11.2. The highest BCUT2D eigenvalue weighted by molar-refractivity contribution is 5.91. The third kappa shape index (κ3) is 2.34. The molecule has 0 aliphatic heterocycles. The summed E-state index contributed by atoms with van der Waals surface area (Å²) in [5.41, 5.74) is 5.73. The van der Waals surface area contributed by atoms with E-state index in [2.05, 4.69) is 10.1 Å². The molecule has 0 aromatic rings. The molecular formula is C9H14N2O4. The Morgan fingerprint density at radius 1 is 1.60 bits per heavy atom. The molecule has 0 unspecified atom stereocenters. The summed E-state index contributed by atoms with van der Waals surface area (Å²) in [6.45, 7) is 1.32. The van der Waals surface area contributed by atoms with Gasteiger partial charge in [-0.1, -0.05) is 6.08 Å². The largest absolute Gasteiger partial charge is 0.466 e. The van der Waals surface area contributed by atoms with Crippen LogP contribution in [-0.2, 0) is 14.3 Å². The molecule has 6 nitrogen and oxygen atoms in total. The van der Waals surface area contributed by atoms with Crippen molar-refractivity contribution in [1.82, 2.24) is 5.32 Å². The molecule has 0 saturated heterocycles. The van der Waals surface area contributed by atoms with Gasteiger partial charge in [-0.3, -0.25) is 4.79 Å². The Hall–Kier alpha value is -1.40. The number of aliphatic hydroxyl groups excluding tert-OH is 1. The third-order valence-corrected chi connectivity index (χ3v) is 2.24. The van der Waals surface area contributed by atoms with Crippen LogP contribution in [0.15, 0.2) is 11.6 Å². The van der Waals surface area contributed by atoms with Gasteiger partial charge < -0.3 is 20.9 Å². The van der Waals surface area contributed by atoms with Crippen molar-refractivity contribution in [2.24, 2.45) is 5.73 Å². The van der Waals surface area contributed by atoms with E-state index in [1.165, 1.54) is 20.1 Å². The lowest BCUT2D eigenvalue weighted by Crippen LogP contribution is -2.50. The first-order valence-corrected chi connectivity index (χ1v) is 4.48. The summed E-state index contributed by atoms with van der Waals surface area (Å²) in [6, 6.07) is -1.26. The van der Waals surface area contributed by atoms with Gasteiger partial charge in [0.25, 0.3) is 0 Å². The molecule has 1 aliphatic carbocycles. The SMILES string of the molecule is COC(=O)C1=C[C@H](N)[C@@H](NC(C)=O)[C@@H]1O. The highest BCUT2D eigenvalue weighted by Crippen LogP contribution is 2.20. The van der Waals surface area contributed by atoms with Gasteiger partial charge in [0.1, 0.15) is 6.10 Å². The molecule has 0 saturated carbocycles. The van der Waals surface area contributed by atoms with Crippen LogP contribution in [-0.4, -0.2) is 42.3 Å². The van der Waals surface area contributed by atoms with Crippen molar-refractivity contribution in [1.29, 1.82) is 0 Å². The van der Waals surface area contributed by atoms with Gasteiger partial charge in [0.05, 0.1) is 18.7 Å². The highest BCUT2D eigenvalue weighted by Gasteiger charge is 2.38. The van der Waals surface area contributed by atoms with Gasteiger partial charge in [-0.2, -0.15) is 0 Å². The van der Waals surface area contributed by atoms with E-state index in [1.54, 1.807) is 0 Å². The monoisotopic (exact) mass is 214 g/mol. The van der Waals surface area contributed by atoms with E-state index in [0.717, 1.165) is 0 Å². The van der Waals surface area contributed by atoms with Crippen molar-refractivity contribution < 1.29 is 19.4 Å². The Kier molecular flexibility index (Phi) is 3.43. The maximum atomic E-state index is 11.2. The van der Waals surface area contributed by atoms with E-state index in [4.69, 9.17) is 5.73 Å². The topological polar surface area (TPSA) is 102 Å². The quantitative estimate of drug-likeness (QED) is 0.475. The van der Waals surface area contributed by atoms with E-state index in [0.29, 0.717) is 0 Å². The molecule has 4 N–H and O–H groups in total. The summed E-state index contributed by atoms with van der Waals surface area (Å²) >= 11 is 0. The van der Waals surface area contributed by atoms with Crippen LogP contribution in [0, 0.1) is 0 Å². The van der Waals surface area contributed by atoms with Crippen LogP contribution in [0.25, 0.3) is 0 Å². The van der Waals surface area contributed by atoms with Crippen LogP contribution in [0.1, 0.15) is 6.92 Å². The van der Waals surface area contributed by atoms with Crippen molar-refractivity contribution in [2.75, 3.05) is 7.11 Å². The second-order valence-corrected chi connectivity index (χ2v) is 3.36. The van der Waals surface area contributed by atoms with Crippen LogP contribution in [0.5, 0.6) is 0 Å². The Morgan fingerprint density at radius 3 is 2.67 bits per heavy atom. The molecule has 1 aliphatic rings. The summed E-state index contributed by atoms with van der Waals surface area (Å²) in [7, 11) is 1.22.